The first-order valence-corrected chi connectivity index (χ1v) is 19.3. The molecule has 4 aromatic heterocycles. The van der Waals surface area contributed by atoms with Crippen LogP contribution >= 0.6 is 0 Å². The summed E-state index contributed by atoms with van der Waals surface area (Å²) in [6.07, 6.45) is 0. The molecule has 0 saturated heterocycles. The van der Waals surface area contributed by atoms with Gasteiger partial charge in [0, 0.05) is 60.9 Å². The molecule has 5 nitrogen and oxygen atoms in total. The lowest BCUT2D eigenvalue weighted by Gasteiger charge is -2.13. The van der Waals surface area contributed by atoms with Gasteiger partial charge in [0.2, 0.25) is 0 Å². The lowest BCUT2D eigenvalue weighted by molar-refractivity contribution is 1.05. The molecule has 0 aliphatic carbocycles. The Morgan fingerprint density at radius 2 is 0.754 bits per heavy atom. The maximum atomic E-state index is 5.26. The van der Waals surface area contributed by atoms with Gasteiger partial charge in [0.15, 0.2) is 5.82 Å². The van der Waals surface area contributed by atoms with Crippen molar-refractivity contribution >= 4 is 65.4 Å². The van der Waals surface area contributed by atoms with E-state index in [1.165, 1.54) is 43.4 Å². The van der Waals surface area contributed by atoms with E-state index < -0.39 is 0 Å². The second kappa shape index (κ2) is 12.4. The highest BCUT2D eigenvalue weighted by atomic mass is 15.1. The van der Waals surface area contributed by atoms with Gasteiger partial charge in [-0.05, 0) is 60.7 Å². The lowest BCUT2D eigenvalue weighted by Crippen LogP contribution is -2.02. The van der Waals surface area contributed by atoms with Gasteiger partial charge in [-0.3, -0.25) is 4.57 Å². The predicted molar refractivity (Wildman–Crippen MR) is 236 cm³/mol. The van der Waals surface area contributed by atoms with Gasteiger partial charge in [0.1, 0.15) is 5.82 Å². The van der Waals surface area contributed by atoms with Gasteiger partial charge < -0.3 is 9.13 Å². The Hall–Kier alpha value is -7.76. The van der Waals surface area contributed by atoms with Crippen LogP contribution in [-0.4, -0.2) is 23.7 Å². The molecule has 4 heterocycles. The smallest absolute Gasteiger partial charge is 0.162 e. The molecule has 0 fully saturated rings. The fourth-order valence-electron chi connectivity index (χ4n) is 9.04. The van der Waals surface area contributed by atoms with E-state index in [9.17, 15) is 0 Å². The van der Waals surface area contributed by atoms with Crippen LogP contribution in [0.5, 0.6) is 0 Å². The average molecular weight is 728 g/mol. The second-order valence-electron chi connectivity index (χ2n) is 14.6. The molecule has 57 heavy (non-hydrogen) atoms. The average Bonchev–Trinajstić information content (AvgIpc) is 3.93. The summed E-state index contributed by atoms with van der Waals surface area (Å²) in [6.45, 7) is 0. The zero-order valence-electron chi connectivity index (χ0n) is 30.8. The summed E-state index contributed by atoms with van der Waals surface area (Å²) in [4.78, 5) is 10.5. The lowest BCUT2D eigenvalue weighted by atomic mass is 10.1. The van der Waals surface area contributed by atoms with Crippen molar-refractivity contribution in [1.82, 2.24) is 23.7 Å². The van der Waals surface area contributed by atoms with Crippen LogP contribution in [0.15, 0.2) is 200 Å². The topological polar surface area (TPSA) is 40.6 Å². The molecule has 266 valence electrons. The fourth-order valence-corrected chi connectivity index (χ4v) is 9.04. The molecular weight excluding hydrogens is 695 g/mol. The minimum absolute atomic E-state index is 0.685. The van der Waals surface area contributed by atoms with E-state index in [1.54, 1.807) is 0 Å². The molecular formula is C52H33N5. The van der Waals surface area contributed by atoms with Crippen LogP contribution in [0.3, 0.4) is 0 Å². The Morgan fingerprint density at radius 3 is 1.35 bits per heavy atom. The number of nitrogens with zero attached hydrogens (tertiary/aromatic N) is 5. The van der Waals surface area contributed by atoms with E-state index in [0.29, 0.717) is 5.82 Å². The van der Waals surface area contributed by atoms with E-state index >= 15 is 0 Å². The van der Waals surface area contributed by atoms with E-state index in [1.807, 2.05) is 18.2 Å². The molecule has 0 N–H and O–H groups in total. The number of benzene rings is 8. The first-order valence-electron chi connectivity index (χ1n) is 19.3. The number of aromatic nitrogens is 5. The molecule has 0 atom stereocenters. The molecule has 12 rings (SSSR count). The maximum absolute atomic E-state index is 5.26. The number of hydrogen-bond donors (Lipinski definition) is 0. The molecule has 0 bridgehead atoms. The third-order valence-electron chi connectivity index (χ3n) is 11.4. The number of rotatable bonds is 5. The summed E-state index contributed by atoms with van der Waals surface area (Å²) in [6, 6.07) is 71.2. The van der Waals surface area contributed by atoms with Crippen LogP contribution in [0.1, 0.15) is 0 Å². The number of fused-ring (bicyclic) bond motifs is 10. The van der Waals surface area contributed by atoms with Gasteiger partial charge in [-0.1, -0.05) is 133 Å². The highest BCUT2D eigenvalue weighted by Gasteiger charge is 2.21. The highest BCUT2D eigenvalue weighted by Crippen LogP contribution is 2.43. The van der Waals surface area contributed by atoms with Crippen LogP contribution in [0, 0.1) is 0 Å². The van der Waals surface area contributed by atoms with Crippen LogP contribution in [-0.2, 0) is 0 Å². The Kier molecular flexibility index (Phi) is 6.86. The zero-order valence-corrected chi connectivity index (χ0v) is 30.8. The number of hydrogen-bond acceptors (Lipinski definition) is 2. The third-order valence-corrected chi connectivity index (χ3v) is 11.4. The molecule has 8 aromatic carbocycles. The van der Waals surface area contributed by atoms with Crippen LogP contribution in [0.2, 0.25) is 0 Å². The Bertz CT molecular complexity index is 3460. The molecule has 12 aromatic rings. The van der Waals surface area contributed by atoms with E-state index in [4.69, 9.17) is 9.97 Å². The summed E-state index contributed by atoms with van der Waals surface area (Å²) < 4.78 is 7.08. The minimum Gasteiger partial charge on any atom is -0.309 e. The predicted octanol–water partition coefficient (Wildman–Crippen LogP) is 13.1. The second-order valence-corrected chi connectivity index (χ2v) is 14.6. The monoisotopic (exact) mass is 727 g/mol. The van der Waals surface area contributed by atoms with E-state index in [-0.39, 0.29) is 0 Å². The quantitative estimate of drug-likeness (QED) is 0.177. The standard InChI is InChI=1S/C52H33N5/c1-3-16-34(17-4-1)52-53-42(33-49(54-52)57-43-26-11-7-22-38(43)39-23-8-12-27-44(39)57)35-18-15-21-37(32-35)56-46-29-14-10-25-41(46)51-48(56)31-30-47-50(51)40-24-9-13-28-45(40)55(47)36-19-5-2-6-20-36/h1-33H. The van der Waals surface area contributed by atoms with Crippen LogP contribution in [0.4, 0.5) is 0 Å². The Morgan fingerprint density at radius 1 is 0.298 bits per heavy atom. The van der Waals surface area contributed by atoms with Crippen LogP contribution < -0.4 is 0 Å². The summed E-state index contributed by atoms with van der Waals surface area (Å²) in [7, 11) is 0. The van der Waals surface area contributed by atoms with E-state index in [2.05, 4.69) is 196 Å². The molecule has 5 heteroatoms. The number of para-hydroxylation sites is 5. The van der Waals surface area contributed by atoms with Crippen molar-refractivity contribution in [1.29, 1.82) is 0 Å². The van der Waals surface area contributed by atoms with Gasteiger partial charge in [0.05, 0.1) is 38.8 Å². The van der Waals surface area contributed by atoms with Crippen molar-refractivity contribution in [3.05, 3.63) is 200 Å². The summed E-state index contributed by atoms with van der Waals surface area (Å²) in [5, 5.41) is 7.37. The molecule has 0 unspecified atom stereocenters. The summed E-state index contributed by atoms with van der Waals surface area (Å²) in [5.74, 6) is 1.51. The van der Waals surface area contributed by atoms with Gasteiger partial charge in [-0.25, -0.2) is 9.97 Å². The summed E-state index contributed by atoms with van der Waals surface area (Å²) in [5.41, 5.74) is 12.0. The van der Waals surface area contributed by atoms with Crippen molar-refractivity contribution in [2.24, 2.45) is 0 Å². The Balaban J connectivity index is 1.10. The maximum Gasteiger partial charge on any atom is 0.162 e. The van der Waals surface area contributed by atoms with Crippen molar-refractivity contribution < 1.29 is 0 Å². The van der Waals surface area contributed by atoms with Gasteiger partial charge in [-0.2, -0.15) is 0 Å². The van der Waals surface area contributed by atoms with Crippen molar-refractivity contribution in [2.45, 2.75) is 0 Å². The van der Waals surface area contributed by atoms with Crippen molar-refractivity contribution in [3.63, 3.8) is 0 Å². The molecule has 0 radical (unpaired) electrons. The first kappa shape index (κ1) is 31.6. The van der Waals surface area contributed by atoms with Crippen LogP contribution in [0.25, 0.3) is 105 Å². The molecule has 0 aliphatic heterocycles. The summed E-state index contributed by atoms with van der Waals surface area (Å²) >= 11 is 0. The van der Waals surface area contributed by atoms with Gasteiger partial charge >= 0.3 is 0 Å². The highest BCUT2D eigenvalue weighted by molar-refractivity contribution is 6.29. The SMILES string of the molecule is c1ccc(-c2nc(-c3cccc(-n4c5ccccc5c5c6c7ccccc7n(-c7ccccc7)c6ccc54)c3)cc(-n3c4ccccc4c4ccccc43)n2)cc1. The minimum atomic E-state index is 0.685. The Labute approximate surface area is 328 Å². The van der Waals surface area contributed by atoms with Crippen molar-refractivity contribution in [3.8, 4) is 39.8 Å². The normalized spacial score (nSPS) is 11.9. The largest absolute Gasteiger partial charge is 0.309 e. The zero-order chi connectivity index (χ0) is 37.5. The molecule has 0 amide bonds. The fraction of sp³-hybridized carbons (Fsp3) is 0. The first-order chi connectivity index (χ1) is 28.3. The molecule has 0 spiro atoms. The van der Waals surface area contributed by atoms with Crippen molar-refractivity contribution in [2.75, 3.05) is 0 Å². The van der Waals surface area contributed by atoms with E-state index in [0.717, 1.165) is 56.1 Å². The van der Waals surface area contributed by atoms with Gasteiger partial charge in [0.25, 0.3) is 0 Å². The molecule has 0 aliphatic rings. The van der Waals surface area contributed by atoms with Gasteiger partial charge in [-0.15, -0.1) is 0 Å². The third kappa shape index (κ3) is 4.76. The molecule has 0 saturated carbocycles.